The number of rotatable bonds is 10. The molecule has 6 aromatic rings. The first-order valence-corrected chi connectivity index (χ1v) is 19.9. The SMILES string of the molecule is CC(C)Cc1ccc2sc3c(c2c1)C(C)(C)c1c(-c2cc4c(cn2)oc2ccccc24)[c-]ccc1-3.CCC(C)(CC)C(=O)/C=C(\O)C(C)(CC)CC.[Ir]. The third-order valence-electron chi connectivity index (χ3n) is 12.0. The van der Waals surface area contributed by atoms with Crippen LogP contribution in [0.1, 0.15) is 112 Å². The minimum absolute atomic E-state index is 0. The molecule has 281 valence electrons. The number of aromatic nitrogens is 1. The molecule has 7 rings (SSSR count). The normalized spacial score (nSPS) is 13.9. The molecule has 1 aliphatic rings. The number of allylic oxidation sites excluding steroid dienone is 2. The Hall–Kier alpha value is -3.57. The van der Waals surface area contributed by atoms with Crippen molar-refractivity contribution in [2.75, 3.05) is 0 Å². The summed E-state index contributed by atoms with van der Waals surface area (Å²) in [5, 5.41) is 13.8. The van der Waals surface area contributed by atoms with Crippen molar-refractivity contribution < 1.29 is 34.4 Å². The zero-order valence-electron chi connectivity index (χ0n) is 33.0. The van der Waals surface area contributed by atoms with Gasteiger partial charge in [0.1, 0.15) is 11.3 Å². The van der Waals surface area contributed by atoms with Crippen molar-refractivity contribution >= 4 is 49.1 Å². The number of furan rings is 1. The van der Waals surface area contributed by atoms with E-state index in [4.69, 9.17) is 9.40 Å². The predicted molar refractivity (Wildman–Crippen MR) is 220 cm³/mol. The number of carbonyl (C=O) groups excluding carboxylic acids is 1. The molecule has 0 atom stereocenters. The Balaban J connectivity index is 0.000000259. The van der Waals surface area contributed by atoms with Gasteiger partial charge in [-0.1, -0.05) is 111 Å². The Morgan fingerprint density at radius 3 is 2.25 bits per heavy atom. The van der Waals surface area contributed by atoms with E-state index in [-0.39, 0.29) is 47.9 Å². The second-order valence-electron chi connectivity index (χ2n) is 16.1. The Kier molecular flexibility index (Phi) is 12.0. The van der Waals surface area contributed by atoms with E-state index in [0.717, 1.165) is 65.3 Å². The smallest absolute Gasteiger partial charge is 0.164 e. The number of carbonyl (C=O) groups is 1. The van der Waals surface area contributed by atoms with Gasteiger partial charge in [-0.3, -0.25) is 4.79 Å². The number of para-hydroxylation sites is 1. The predicted octanol–water partition coefficient (Wildman–Crippen LogP) is 13.8. The number of benzene rings is 3. The average molecular weight is 905 g/mol. The van der Waals surface area contributed by atoms with Crippen molar-refractivity contribution in [1.82, 2.24) is 4.98 Å². The maximum absolute atomic E-state index is 12.2. The minimum Gasteiger partial charge on any atom is -0.512 e. The first kappa shape index (κ1) is 40.6. The summed E-state index contributed by atoms with van der Waals surface area (Å²) in [6.45, 7) is 21.4. The molecule has 1 radical (unpaired) electrons. The fourth-order valence-corrected chi connectivity index (χ4v) is 9.04. The third kappa shape index (κ3) is 7.32. The van der Waals surface area contributed by atoms with E-state index < -0.39 is 0 Å². The van der Waals surface area contributed by atoms with Crippen molar-refractivity contribution in [2.24, 2.45) is 16.7 Å². The molecule has 0 saturated heterocycles. The van der Waals surface area contributed by atoms with Crippen molar-refractivity contribution in [3.63, 3.8) is 0 Å². The molecule has 3 heterocycles. The number of aliphatic hydroxyl groups excluding tert-OH is 1. The van der Waals surface area contributed by atoms with Crippen LogP contribution in [-0.4, -0.2) is 15.9 Å². The summed E-state index contributed by atoms with van der Waals surface area (Å²) in [5.74, 6) is 0.930. The quantitative estimate of drug-likeness (QED) is 0.0845. The number of thiophene rings is 1. The number of fused-ring (bicyclic) bond motifs is 8. The molecule has 4 nitrogen and oxygen atoms in total. The maximum atomic E-state index is 12.2. The van der Waals surface area contributed by atoms with E-state index >= 15 is 0 Å². The molecule has 0 spiro atoms. The second-order valence-corrected chi connectivity index (χ2v) is 17.1. The van der Waals surface area contributed by atoms with Crippen LogP contribution in [0.2, 0.25) is 0 Å². The summed E-state index contributed by atoms with van der Waals surface area (Å²) in [5.41, 5.74) is 8.56. The molecule has 0 saturated carbocycles. The number of hydrogen-bond donors (Lipinski definition) is 1. The molecule has 0 aliphatic heterocycles. The first-order valence-electron chi connectivity index (χ1n) is 19.1. The number of pyridine rings is 1. The number of ketones is 1. The van der Waals surface area contributed by atoms with E-state index in [1.165, 1.54) is 43.3 Å². The van der Waals surface area contributed by atoms with Crippen molar-refractivity contribution in [1.29, 1.82) is 0 Å². The van der Waals surface area contributed by atoms with E-state index in [9.17, 15) is 9.90 Å². The second kappa shape index (κ2) is 15.7. The van der Waals surface area contributed by atoms with Gasteiger partial charge in [0.15, 0.2) is 11.4 Å². The zero-order valence-corrected chi connectivity index (χ0v) is 36.2. The molecule has 0 unspecified atom stereocenters. The van der Waals surface area contributed by atoms with E-state index in [1.807, 2.05) is 71.2 Å². The molecule has 53 heavy (non-hydrogen) atoms. The van der Waals surface area contributed by atoms with Crippen molar-refractivity contribution in [3.05, 3.63) is 101 Å². The molecule has 3 aromatic heterocycles. The summed E-state index contributed by atoms with van der Waals surface area (Å²) >= 11 is 1.92. The van der Waals surface area contributed by atoms with Crippen LogP contribution in [0.25, 0.3) is 53.7 Å². The van der Waals surface area contributed by atoms with Crippen LogP contribution in [-0.2, 0) is 36.7 Å². The van der Waals surface area contributed by atoms with E-state index in [1.54, 1.807) is 0 Å². The van der Waals surface area contributed by atoms with Gasteiger partial charge in [-0.25, -0.2) is 0 Å². The van der Waals surface area contributed by atoms with Gasteiger partial charge in [0.25, 0.3) is 0 Å². The van der Waals surface area contributed by atoms with Crippen LogP contribution in [0.3, 0.4) is 0 Å². The summed E-state index contributed by atoms with van der Waals surface area (Å²) in [6.07, 6.45) is 7.73. The third-order valence-corrected chi connectivity index (χ3v) is 13.2. The number of aliphatic hydroxyl groups is 1. The van der Waals surface area contributed by atoms with Crippen molar-refractivity contribution in [2.45, 2.75) is 107 Å². The first-order chi connectivity index (χ1) is 24.7. The molecule has 1 N–H and O–H groups in total. The van der Waals surface area contributed by atoms with Gasteiger partial charge < -0.3 is 14.5 Å². The van der Waals surface area contributed by atoms with Gasteiger partial charge in [-0.15, -0.1) is 40.7 Å². The molecular formula is C47H54IrNO3S-. The molecule has 0 amide bonds. The van der Waals surface area contributed by atoms with Gasteiger partial charge in [-0.05, 0) is 77.8 Å². The largest absolute Gasteiger partial charge is 0.512 e. The fourth-order valence-electron chi connectivity index (χ4n) is 7.67. The fraction of sp³-hybridized carbons (Fsp3) is 0.404. The molecule has 0 fully saturated rings. The molecule has 1 aliphatic carbocycles. The Morgan fingerprint density at radius 2 is 1.58 bits per heavy atom. The van der Waals surface area contributed by atoms with Crippen LogP contribution < -0.4 is 0 Å². The summed E-state index contributed by atoms with van der Waals surface area (Å²) in [6, 6.07) is 25.3. The monoisotopic (exact) mass is 905 g/mol. The number of hydrogen-bond acceptors (Lipinski definition) is 5. The Labute approximate surface area is 333 Å². The van der Waals surface area contributed by atoms with Gasteiger partial charge >= 0.3 is 0 Å². The zero-order chi connectivity index (χ0) is 37.6. The van der Waals surface area contributed by atoms with Gasteiger partial charge in [0.05, 0.1) is 6.20 Å². The summed E-state index contributed by atoms with van der Waals surface area (Å²) < 4.78 is 7.41. The molecule has 0 bridgehead atoms. The maximum Gasteiger partial charge on any atom is 0.164 e. The molecule has 6 heteroatoms. The van der Waals surface area contributed by atoms with Gasteiger partial charge in [0.2, 0.25) is 0 Å². The summed E-state index contributed by atoms with van der Waals surface area (Å²) in [7, 11) is 0. The van der Waals surface area contributed by atoms with Gasteiger partial charge in [-0.2, -0.15) is 0 Å². The molecule has 3 aromatic carbocycles. The standard InChI is InChI=1S/C32H26NOS.C15H28O2.Ir/c1-18(2)14-19-12-13-28-24(15-19)30-31(35-28)22-10-7-9-21(29(22)32(30,3)4)25-16-23-20-8-5-6-11-26(20)34-27(23)17-33-25;1-7-14(5,8-2)12(16)11-13(17)15(6,9-3)10-4;/h5-8,10-13,15-18H,14H2,1-4H3;11,16H,7-10H2,1-6H3;/q-1;;/b;12-11-;. The number of nitrogens with zero attached hydrogens (tertiary/aromatic N) is 1. The molecular weight excluding hydrogens is 851 g/mol. The van der Waals surface area contributed by atoms with Crippen LogP contribution in [0.5, 0.6) is 0 Å². The Bertz CT molecular complexity index is 2300. The van der Waals surface area contributed by atoms with Crippen LogP contribution >= 0.6 is 11.3 Å². The van der Waals surface area contributed by atoms with Gasteiger partial charge in [0, 0.05) is 57.4 Å². The van der Waals surface area contributed by atoms with Crippen LogP contribution in [0.4, 0.5) is 0 Å². The topological polar surface area (TPSA) is 63.3 Å². The average Bonchev–Trinajstić information content (AvgIpc) is 3.78. The Morgan fingerprint density at radius 1 is 0.906 bits per heavy atom. The summed E-state index contributed by atoms with van der Waals surface area (Å²) in [4.78, 5) is 18.4. The van der Waals surface area contributed by atoms with E-state index in [2.05, 4.69) is 82.3 Å². The van der Waals surface area contributed by atoms with Crippen LogP contribution in [0, 0.1) is 22.8 Å². The minimum atomic E-state index is -0.337. The van der Waals surface area contributed by atoms with Crippen LogP contribution in [0.15, 0.2) is 83.1 Å². The van der Waals surface area contributed by atoms with Crippen molar-refractivity contribution in [3.8, 4) is 21.7 Å². The van der Waals surface area contributed by atoms with E-state index in [0.29, 0.717) is 5.92 Å².